The highest BCUT2D eigenvalue weighted by Crippen LogP contribution is 2.32. The topological polar surface area (TPSA) is 38.3 Å². The van der Waals surface area contributed by atoms with E-state index in [-0.39, 0.29) is 0 Å². The lowest BCUT2D eigenvalue weighted by Crippen LogP contribution is -2.13. The molecule has 0 bridgehead atoms. The number of anilines is 2. The maximum atomic E-state index is 5.35. The lowest BCUT2D eigenvalue weighted by atomic mass is 10.3. The SMILES string of the molecule is CCOCc1ncc2c(n1)CCN2c1ccccc1. The first-order chi connectivity index (χ1) is 9.38. The van der Waals surface area contributed by atoms with E-state index in [0.29, 0.717) is 13.2 Å². The molecule has 0 unspecified atom stereocenters. The van der Waals surface area contributed by atoms with E-state index in [1.165, 1.54) is 5.69 Å². The van der Waals surface area contributed by atoms with Gasteiger partial charge in [0.1, 0.15) is 6.61 Å². The Balaban J connectivity index is 1.85. The van der Waals surface area contributed by atoms with Gasteiger partial charge in [-0.05, 0) is 19.1 Å². The minimum atomic E-state index is 0.495. The second-order valence-corrected chi connectivity index (χ2v) is 4.49. The number of ether oxygens (including phenoxy) is 1. The maximum Gasteiger partial charge on any atom is 0.154 e. The summed E-state index contributed by atoms with van der Waals surface area (Å²) < 4.78 is 5.35. The first kappa shape index (κ1) is 12.1. The molecule has 1 aliphatic rings. The zero-order valence-corrected chi connectivity index (χ0v) is 11.0. The van der Waals surface area contributed by atoms with Gasteiger partial charge in [-0.3, -0.25) is 0 Å². The summed E-state index contributed by atoms with van der Waals surface area (Å²) in [5, 5.41) is 0. The van der Waals surface area contributed by atoms with E-state index in [4.69, 9.17) is 4.74 Å². The van der Waals surface area contributed by atoms with E-state index in [2.05, 4.69) is 39.1 Å². The van der Waals surface area contributed by atoms with E-state index < -0.39 is 0 Å². The summed E-state index contributed by atoms with van der Waals surface area (Å²) >= 11 is 0. The van der Waals surface area contributed by atoms with Gasteiger partial charge >= 0.3 is 0 Å². The first-order valence-corrected chi connectivity index (χ1v) is 6.63. The molecule has 2 aromatic rings. The number of hydrogen-bond acceptors (Lipinski definition) is 4. The van der Waals surface area contributed by atoms with Gasteiger partial charge in [0.05, 0.1) is 17.6 Å². The van der Waals surface area contributed by atoms with Crippen LogP contribution in [-0.4, -0.2) is 23.1 Å². The minimum absolute atomic E-state index is 0.495. The van der Waals surface area contributed by atoms with E-state index in [1.54, 1.807) is 0 Å². The van der Waals surface area contributed by atoms with Crippen LogP contribution in [0.3, 0.4) is 0 Å². The molecule has 0 saturated heterocycles. The van der Waals surface area contributed by atoms with E-state index in [0.717, 1.165) is 30.2 Å². The summed E-state index contributed by atoms with van der Waals surface area (Å²) in [6.07, 6.45) is 2.88. The minimum Gasteiger partial charge on any atom is -0.374 e. The van der Waals surface area contributed by atoms with Gasteiger partial charge in [-0.2, -0.15) is 0 Å². The molecule has 3 rings (SSSR count). The van der Waals surface area contributed by atoms with Gasteiger partial charge < -0.3 is 9.64 Å². The number of hydrogen-bond donors (Lipinski definition) is 0. The molecule has 0 amide bonds. The van der Waals surface area contributed by atoms with Crippen LogP contribution in [0.4, 0.5) is 11.4 Å². The molecule has 98 valence electrons. The molecule has 0 saturated carbocycles. The summed E-state index contributed by atoms with van der Waals surface area (Å²) in [6.45, 7) is 4.13. The average molecular weight is 255 g/mol. The standard InChI is InChI=1S/C15H17N3O/c1-2-19-11-15-16-10-14-13(17-15)8-9-18(14)12-6-4-3-5-7-12/h3-7,10H,2,8-9,11H2,1H3. The van der Waals surface area contributed by atoms with Gasteiger partial charge in [-0.15, -0.1) is 0 Å². The second kappa shape index (κ2) is 5.36. The number of aromatic nitrogens is 2. The molecular formula is C15H17N3O. The Kier molecular flexibility index (Phi) is 3.42. The molecule has 1 aliphatic heterocycles. The lowest BCUT2D eigenvalue weighted by Gasteiger charge is -2.18. The Morgan fingerprint density at radius 2 is 2.11 bits per heavy atom. The van der Waals surface area contributed by atoms with Gasteiger partial charge in [0.15, 0.2) is 5.82 Å². The highest BCUT2D eigenvalue weighted by atomic mass is 16.5. The van der Waals surface area contributed by atoms with Crippen molar-refractivity contribution < 1.29 is 4.74 Å². The number of rotatable bonds is 4. The fourth-order valence-electron chi connectivity index (χ4n) is 2.34. The van der Waals surface area contributed by atoms with Crippen molar-refractivity contribution in [1.82, 2.24) is 9.97 Å². The van der Waals surface area contributed by atoms with Crippen molar-refractivity contribution in [2.75, 3.05) is 18.1 Å². The van der Waals surface area contributed by atoms with Crippen LogP contribution in [0.1, 0.15) is 18.4 Å². The molecule has 0 fully saturated rings. The fourth-order valence-corrected chi connectivity index (χ4v) is 2.34. The van der Waals surface area contributed by atoms with Crippen molar-refractivity contribution in [3.05, 3.63) is 48.0 Å². The zero-order valence-electron chi connectivity index (χ0n) is 11.0. The van der Waals surface area contributed by atoms with Crippen LogP contribution in [0.2, 0.25) is 0 Å². The van der Waals surface area contributed by atoms with E-state index in [1.807, 2.05) is 19.2 Å². The Bertz CT molecular complexity index is 557. The largest absolute Gasteiger partial charge is 0.374 e. The molecule has 1 aromatic heterocycles. The average Bonchev–Trinajstić information content (AvgIpc) is 2.89. The summed E-state index contributed by atoms with van der Waals surface area (Å²) in [5.41, 5.74) is 3.43. The normalized spacial score (nSPS) is 13.6. The monoisotopic (exact) mass is 255 g/mol. The lowest BCUT2D eigenvalue weighted by molar-refractivity contribution is 0.128. The van der Waals surface area contributed by atoms with Crippen LogP contribution < -0.4 is 4.90 Å². The van der Waals surface area contributed by atoms with Gasteiger partial charge in [0.2, 0.25) is 0 Å². The first-order valence-electron chi connectivity index (χ1n) is 6.63. The quantitative estimate of drug-likeness (QED) is 0.842. The predicted molar refractivity (Wildman–Crippen MR) is 74.5 cm³/mol. The maximum absolute atomic E-state index is 5.35. The van der Waals surface area contributed by atoms with Gasteiger partial charge in [0, 0.05) is 25.3 Å². The number of para-hydroxylation sites is 1. The van der Waals surface area contributed by atoms with Crippen molar-refractivity contribution in [2.24, 2.45) is 0 Å². The Morgan fingerprint density at radius 3 is 2.89 bits per heavy atom. The highest BCUT2D eigenvalue weighted by molar-refractivity contribution is 5.67. The third kappa shape index (κ3) is 2.44. The smallest absolute Gasteiger partial charge is 0.154 e. The molecule has 0 aliphatic carbocycles. The number of nitrogens with zero attached hydrogens (tertiary/aromatic N) is 3. The Hall–Kier alpha value is -1.94. The van der Waals surface area contributed by atoms with E-state index >= 15 is 0 Å². The second-order valence-electron chi connectivity index (χ2n) is 4.49. The molecule has 4 nitrogen and oxygen atoms in total. The van der Waals surface area contributed by atoms with Crippen LogP contribution in [0.5, 0.6) is 0 Å². The molecule has 1 aromatic carbocycles. The molecule has 2 heterocycles. The summed E-state index contributed by atoms with van der Waals surface area (Å²) in [4.78, 5) is 11.2. The molecule has 4 heteroatoms. The van der Waals surface area contributed by atoms with Crippen molar-refractivity contribution >= 4 is 11.4 Å². The number of fused-ring (bicyclic) bond motifs is 1. The third-order valence-corrected chi connectivity index (χ3v) is 3.26. The molecular weight excluding hydrogens is 238 g/mol. The molecule has 0 N–H and O–H groups in total. The van der Waals surface area contributed by atoms with Gasteiger partial charge in [-0.1, -0.05) is 18.2 Å². The third-order valence-electron chi connectivity index (χ3n) is 3.26. The van der Waals surface area contributed by atoms with Gasteiger partial charge in [0.25, 0.3) is 0 Å². The van der Waals surface area contributed by atoms with Crippen LogP contribution >= 0.6 is 0 Å². The van der Waals surface area contributed by atoms with E-state index in [9.17, 15) is 0 Å². The predicted octanol–water partition coefficient (Wildman–Crippen LogP) is 2.71. The molecule has 0 radical (unpaired) electrons. The zero-order chi connectivity index (χ0) is 13.1. The fraction of sp³-hybridized carbons (Fsp3) is 0.333. The van der Waals surface area contributed by atoms with Crippen LogP contribution in [-0.2, 0) is 17.8 Å². The summed E-state index contributed by atoms with van der Waals surface area (Å²) in [5.74, 6) is 0.774. The molecule has 19 heavy (non-hydrogen) atoms. The summed E-state index contributed by atoms with van der Waals surface area (Å²) in [6, 6.07) is 10.4. The van der Waals surface area contributed by atoms with Crippen LogP contribution in [0.25, 0.3) is 0 Å². The van der Waals surface area contributed by atoms with Crippen LogP contribution in [0, 0.1) is 0 Å². The van der Waals surface area contributed by atoms with Gasteiger partial charge in [-0.25, -0.2) is 9.97 Å². The van der Waals surface area contributed by atoms with Crippen molar-refractivity contribution in [3.8, 4) is 0 Å². The molecule has 0 atom stereocenters. The Morgan fingerprint density at radius 1 is 1.26 bits per heavy atom. The van der Waals surface area contributed by atoms with Crippen molar-refractivity contribution in [3.63, 3.8) is 0 Å². The Labute approximate surface area is 113 Å². The summed E-state index contributed by atoms with van der Waals surface area (Å²) in [7, 11) is 0. The molecule has 0 spiro atoms. The van der Waals surface area contributed by atoms with Crippen molar-refractivity contribution in [1.29, 1.82) is 0 Å². The van der Waals surface area contributed by atoms with Crippen LogP contribution in [0.15, 0.2) is 36.5 Å². The highest BCUT2D eigenvalue weighted by Gasteiger charge is 2.22. The number of benzene rings is 1. The van der Waals surface area contributed by atoms with Crippen molar-refractivity contribution in [2.45, 2.75) is 20.0 Å².